The SMILES string of the molecule is CCOc1cc(C=NNC(=O)COc2ccc(C)cc2C)ccc1Oc1ccc([N+](=O)[O-])cc1[N+](=O)[O-]. The van der Waals surface area contributed by atoms with E-state index in [0.717, 1.165) is 29.3 Å². The molecule has 192 valence electrons. The van der Waals surface area contributed by atoms with Crippen LogP contribution < -0.4 is 19.6 Å². The number of aryl methyl sites for hydroxylation is 2. The highest BCUT2D eigenvalue weighted by molar-refractivity contribution is 5.83. The van der Waals surface area contributed by atoms with E-state index < -0.39 is 27.1 Å². The molecule has 0 aliphatic carbocycles. The van der Waals surface area contributed by atoms with Crippen molar-refractivity contribution < 1.29 is 28.9 Å². The molecule has 12 nitrogen and oxygen atoms in total. The zero-order valence-corrected chi connectivity index (χ0v) is 20.3. The maximum absolute atomic E-state index is 12.1. The first-order chi connectivity index (χ1) is 17.7. The summed E-state index contributed by atoms with van der Waals surface area (Å²) in [7, 11) is 0. The average Bonchev–Trinajstić information content (AvgIpc) is 2.85. The van der Waals surface area contributed by atoms with Gasteiger partial charge in [0, 0.05) is 6.07 Å². The normalized spacial score (nSPS) is 10.7. The molecule has 0 saturated carbocycles. The Hall–Kier alpha value is -5.00. The van der Waals surface area contributed by atoms with Gasteiger partial charge in [-0.3, -0.25) is 25.0 Å². The summed E-state index contributed by atoms with van der Waals surface area (Å²) in [6.45, 7) is 5.65. The third kappa shape index (κ3) is 7.24. The van der Waals surface area contributed by atoms with Crippen molar-refractivity contribution in [3.8, 4) is 23.0 Å². The van der Waals surface area contributed by atoms with Gasteiger partial charge in [0.25, 0.3) is 11.6 Å². The highest BCUT2D eigenvalue weighted by Crippen LogP contribution is 2.38. The van der Waals surface area contributed by atoms with Crippen molar-refractivity contribution in [2.45, 2.75) is 20.8 Å². The van der Waals surface area contributed by atoms with E-state index in [4.69, 9.17) is 14.2 Å². The van der Waals surface area contributed by atoms with Crippen LogP contribution in [0.4, 0.5) is 11.4 Å². The van der Waals surface area contributed by atoms with Gasteiger partial charge >= 0.3 is 5.69 Å². The Morgan fingerprint density at radius 2 is 1.65 bits per heavy atom. The molecule has 0 fully saturated rings. The molecule has 12 heteroatoms. The third-order valence-corrected chi connectivity index (χ3v) is 4.93. The topological polar surface area (TPSA) is 155 Å². The van der Waals surface area contributed by atoms with Gasteiger partial charge in [0.1, 0.15) is 5.75 Å². The fourth-order valence-corrected chi connectivity index (χ4v) is 3.24. The molecule has 0 atom stereocenters. The van der Waals surface area contributed by atoms with Crippen LogP contribution in [0.1, 0.15) is 23.6 Å². The summed E-state index contributed by atoms with van der Waals surface area (Å²) in [4.78, 5) is 32.9. The molecule has 37 heavy (non-hydrogen) atoms. The Morgan fingerprint density at radius 3 is 2.32 bits per heavy atom. The summed E-state index contributed by atoms with van der Waals surface area (Å²) >= 11 is 0. The molecule has 3 aromatic carbocycles. The number of nitro benzene ring substituents is 2. The van der Waals surface area contributed by atoms with Gasteiger partial charge in [-0.1, -0.05) is 17.7 Å². The molecule has 0 aromatic heterocycles. The number of rotatable bonds is 11. The summed E-state index contributed by atoms with van der Waals surface area (Å²) in [6.07, 6.45) is 1.38. The average molecular weight is 508 g/mol. The van der Waals surface area contributed by atoms with Crippen LogP contribution in [0.15, 0.2) is 59.7 Å². The van der Waals surface area contributed by atoms with E-state index in [0.29, 0.717) is 11.3 Å². The van der Waals surface area contributed by atoms with Gasteiger partial charge in [0.05, 0.1) is 28.7 Å². The summed E-state index contributed by atoms with van der Waals surface area (Å²) in [5.74, 6) is 0.376. The number of benzene rings is 3. The van der Waals surface area contributed by atoms with Gasteiger partial charge in [-0.2, -0.15) is 5.10 Å². The quantitative estimate of drug-likeness (QED) is 0.219. The number of hydrazone groups is 1. The number of nitro groups is 2. The van der Waals surface area contributed by atoms with Crippen molar-refractivity contribution in [3.63, 3.8) is 0 Å². The van der Waals surface area contributed by atoms with Crippen molar-refractivity contribution in [2.24, 2.45) is 5.10 Å². The lowest BCUT2D eigenvalue weighted by Gasteiger charge is -2.12. The smallest absolute Gasteiger partial charge is 0.318 e. The van der Waals surface area contributed by atoms with Crippen molar-refractivity contribution in [1.29, 1.82) is 0 Å². The van der Waals surface area contributed by atoms with Crippen LogP contribution >= 0.6 is 0 Å². The van der Waals surface area contributed by atoms with Crippen molar-refractivity contribution in [3.05, 3.63) is 91.5 Å². The largest absolute Gasteiger partial charge is 0.490 e. The van der Waals surface area contributed by atoms with Gasteiger partial charge in [-0.15, -0.1) is 0 Å². The zero-order chi connectivity index (χ0) is 26.9. The lowest BCUT2D eigenvalue weighted by Crippen LogP contribution is -2.24. The number of nitrogens with zero attached hydrogens (tertiary/aromatic N) is 3. The van der Waals surface area contributed by atoms with Gasteiger partial charge in [-0.25, -0.2) is 5.43 Å². The first-order valence-corrected chi connectivity index (χ1v) is 11.1. The van der Waals surface area contributed by atoms with Crippen LogP contribution in [0.2, 0.25) is 0 Å². The predicted molar refractivity (Wildman–Crippen MR) is 135 cm³/mol. The molecule has 1 N–H and O–H groups in total. The van der Waals surface area contributed by atoms with Gasteiger partial charge in [-0.05, 0) is 62.2 Å². The van der Waals surface area contributed by atoms with E-state index in [2.05, 4.69) is 10.5 Å². The molecule has 0 saturated heterocycles. The minimum Gasteiger partial charge on any atom is -0.490 e. The molecule has 1 amide bonds. The Bertz CT molecular complexity index is 1360. The molecule has 0 radical (unpaired) electrons. The maximum Gasteiger partial charge on any atom is 0.318 e. The molecule has 0 heterocycles. The Morgan fingerprint density at radius 1 is 0.919 bits per heavy atom. The van der Waals surface area contributed by atoms with Crippen molar-refractivity contribution in [2.75, 3.05) is 13.2 Å². The van der Waals surface area contributed by atoms with Gasteiger partial charge in [0.2, 0.25) is 5.75 Å². The fourth-order valence-electron chi connectivity index (χ4n) is 3.24. The van der Waals surface area contributed by atoms with E-state index in [-0.39, 0.29) is 30.5 Å². The lowest BCUT2D eigenvalue weighted by molar-refractivity contribution is -0.394. The summed E-state index contributed by atoms with van der Waals surface area (Å²) in [5.41, 5.74) is 3.93. The second-order valence-corrected chi connectivity index (χ2v) is 7.76. The molecular formula is C25H24N4O8. The van der Waals surface area contributed by atoms with E-state index in [1.54, 1.807) is 25.1 Å². The Labute approximate surface area is 211 Å². The summed E-state index contributed by atoms with van der Waals surface area (Å²) in [5, 5.41) is 26.3. The standard InChI is InChI=1S/C25H24N4O8/c1-4-35-24-12-18(14-26-27-25(30)15-36-21-8-5-16(2)11-17(21)3)6-9-23(24)37-22-10-7-19(28(31)32)13-20(22)29(33)34/h5-14H,4,15H2,1-3H3,(H,27,30). The molecule has 0 bridgehead atoms. The van der Waals surface area contributed by atoms with E-state index in [1.165, 1.54) is 12.3 Å². The second kappa shape index (κ2) is 12.1. The number of ether oxygens (including phenoxy) is 3. The molecule has 0 aliphatic heterocycles. The highest BCUT2D eigenvalue weighted by atomic mass is 16.6. The molecule has 0 unspecified atom stereocenters. The molecule has 3 aromatic rings. The zero-order valence-electron chi connectivity index (χ0n) is 20.3. The van der Waals surface area contributed by atoms with E-state index in [9.17, 15) is 25.0 Å². The van der Waals surface area contributed by atoms with Crippen molar-refractivity contribution in [1.82, 2.24) is 5.43 Å². The van der Waals surface area contributed by atoms with Crippen LogP contribution in [0.5, 0.6) is 23.0 Å². The minimum atomic E-state index is -0.768. The molecule has 3 rings (SSSR count). The number of carbonyl (C=O) groups is 1. The number of nitrogens with one attached hydrogen (secondary N) is 1. The first kappa shape index (κ1) is 26.6. The number of hydrogen-bond donors (Lipinski definition) is 1. The molecule has 0 aliphatic rings. The van der Waals surface area contributed by atoms with Crippen molar-refractivity contribution >= 4 is 23.5 Å². The molecule has 0 spiro atoms. The molecular weight excluding hydrogens is 484 g/mol. The summed E-state index contributed by atoms with van der Waals surface area (Å²) in [6, 6.07) is 13.4. The minimum absolute atomic E-state index is 0.154. The van der Waals surface area contributed by atoms with Crippen LogP contribution in [0, 0.1) is 34.1 Å². The van der Waals surface area contributed by atoms with E-state index >= 15 is 0 Å². The number of amides is 1. The monoisotopic (exact) mass is 508 g/mol. The predicted octanol–water partition coefficient (Wildman–Crippen LogP) is 4.84. The number of carbonyl (C=O) groups excluding carboxylic acids is 1. The maximum atomic E-state index is 12.1. The van der Waals surface area contributed by atoms with Crippen LogP contribution in [-0.4, -0.2) is 35.2 Å². The number of non-ortho nitro benzene ring substituents is 1. The lowest BCUT2D eigenvalue weighted by atomic mass is 10.1. The first-order valence-electron chi connectivity index (χ1n) is 11.1. The van der Waals surface area contributed by atoms with Gasteiger partial charge in [0.15, 0.2) is 18.1 Å². The van der Waals surface area contributed by atoms with Crippen LogP contribution in [0.3, 0.4) is 0 Å². The second-order valence-electron chi connectivity index (χ2n) is 7.76. The third-order valence-electron chi connectivity index (χ3n) is 4.93. The highest BCUT2D eigenvalue weighted by Gasteiger charge is 2.22. The Balaban J connectivity index is 1.69. The Kier molecular flexibility index (Phi) is 8.71. The van der Waals surface area contributed by atoms with Gasteiger partial charge < -0.3 is 14.2 Å². The van der Waals surface area contributed by atoms with E-state index in [1.807, 2.05) is 26.0 Å². The van der Waals surface area contributed by atoms with Crippen LogP contribution in [-0.2, 0) is 4.79 Å². The fraction of sp³-hybridized carbons (Fsp3) is 0.200. The number of hydrogen-bond acceptors (Lipinski definition) is 9. The summed E-state index contributed by atoms with van der Waals surface area (Å²) < 4.78 is 16.8. The van der Waals surface area contributed by atoms with Crippen LogP contribution in [0.25, 0.3) is 0 Å².